The standard InChI is InChI=1S/C15H16N6O/c1-20-9-11(8-16-20)14-3-2-6-21(14)15(22)10-4-5-12-13(7-10)18-19-17-12/h4-5,7-9,14H,2-3,6H2,1H3,(H,17,18,19)/t14-/m1/s1. The largest absolute Gasteiger partial charge is 0.331 e. The monoisotopic (exact) mass is 296 g/mol. The molecule has 112 valence electrons. The summed E-state index contributed by atoms with van der Waals surface area (Å²) in [7, 11) is 1.89. The molecule has 1 atom stereocenters. The van der Waals surface area contributed by atoms with Crippen molar-refractivity contribution in [1.29, 1.82) is 0 Å². The maximum atomic E-state index is 12.8. The van der Waals surface area contributed by atoms with Crippen LogP contribution in [0.5, 0.6) is 0 Å². The number of H-pyrrole nitrogens is 1. The van der Waals surface area contributed by atoms with E-state index in [4.69, 9.17) is 0 Å². The van der Waals surface area contributed by atoms with E-state index in [1.54, 1.807) is 10.7 Å². The number of rotatable bonds is 2. The van der Waals surface area contributed by atoms with Crippen LogP contribution in [-0.2, 0) is 7.05 Å². The molecule has 22 heavy (non-hydrogen) atoms. The predicted octanol–water partition coefficient (Wildman–Crippen LogP) is 1.67. The van der Waals surface area contributed by atoms with E-state index in [0.29, 0.717) is 11.1 Å². The lowest BCUT2D eigenvalue weighted by atomic mass is 10.1. The fourth-order valence-electron chi connectivity index (χ4n) is 3.11. The van der Waals surface area contributed by atoms with Gasteiger partial charge in [-0.1, -0.05) is 0 Å². The lowest BCUT2D eigenvalue weighted by Gasteiger charge is -2.24. The van der Waals surface area contributed by atoms with Gasteiger partial charge in [-0.2, -0.15) is 20.5 Å². The van der Waals surface area contributed by atoms with Gasteiger partial charge in [-0.15, -0.1) is 0 Å². The molecular weight excluding hydrogens is 280 g/mol. The van der Waals surface area contributed by atoms with Crippen LogP contribution in [0.25, 0.3) is 11.0 Å². The summed E-state index contributed by atoms with van der Waals surface area (Å²) in [5.74, 6) is 0.0382. The molecule has 1 N–H and O–H groups in total. The molecule has 2 aromatic heterocycles. The molecule has 7 nitrogen and oxygen atoms in total. The molecule has 1 amide bonds. The van der Waals surface area contributed by atoms with E-state index in [9.17, 15) is 4.79 Å². The molecule has 4 rings (SSSR count). The summed E-state index contributed by atoms with van der Waals surface area (Å²) in [6.07, 6.45) is 5.81. The van der Waals surface area contributed by atoms with Crippen LogP contribution >= 0.6 is 0 Å². The Balaban J connectivity index is 1.65. The topological polar surface area (TPSA) is 79.7 Å². The fraction of sp³-hybridized carbons (Fsp3) is 0.333. The van der Waals surface area contributed by atoms with Gasteiger partial charge >= 0.3 is 0 Å². The van der Waals surface area contributed by atoms with Crippen LogP contribution in [0.3, 0.4) is 0 Å². The SMILES string of the molecule is Cn1cc([C@H]2CCCN2C(=O)c2ccc3n[nH]nc3c2)cn1. The van der Waals surface area contributed by atoms with E-state index < -0.39 is 0 Å². The molecule has 0 bridgehead atoms. The second-order valence-corrected chi connectivity index (χ2v) is 5.63. The maximum Gasteiger partial charge on any atom is 0.254 e. The van der Waals surface area contributed by atoms with Crippen LogP contribution in [0.4, 0.5) is 0 Å². The van der Waals surface area contributed by atoms with Crippen molar-refractivity contribution in [3.8, 4) is 0 Å². The molecule has 0 aliphatic carbocycles. The zero-order valence-electron chi connectivity index (χ0n) is 12.2. The third-order valence-electron chi connectivity index (χ3n) is 4.19. The molecule has 3 heterocycles. The molecule has 0 unspecified atom stereocenters. The number of hydrogen-bond donors (Lipinski definition) is 1. The van der Waals surface area contributed by atoms with Crippen molar-refractivity contribution >= 4 is 16.9 Å². The highest BCUT2D eigenvalue weighted by molar-refractivity contribution is 5.97. The zero-order valence-corrected chi connectivity index (χ0v) is 12.2. The lowest BCUT2D eigenvalue weighted by Crippen LogP contribution is -2.30. The Morgan fingerprint density at radius 2 is 2.18 bits per heavy atom. The maximum absolute atomic E-state index is 12.8. The zero-order chi connectivity index (χ0) is 15.1. The Bertz CT molecular complexity index is 835. The molecule has 0 spiro atoms. The van der Waals surface area contributed by atoms with Crippen LogP contribution in [-0.4, -0.2) is 42.5 Å². The van der Waals surface area contributed by atoms with Gasteiger partial charge in [-0.25, -0.2) is 0 Å². The summed E-state index contributed by atoms with van der Waals surface area (Å²) >= 11 is 0. The summed E-state index contributed by atoms with van der Waals surface area (Å²) in [6.45, 7) is 0.773. The van der Waals surface area contributed by atoms with Crippen LogP contribution in [0.15, 0.2) is 30.6 Å². The number of fused-ring (bicyclic) bond motifs is 1. The highest BCUT2D eigenvalue weighted by Gasteiger charge is 2.31. The van der Waals surface area contributed by atoms with Crippen LogP contribution < -0.4 is 0 Å². The quantitative estimate of drug-likeness (QED) is 0.780. The van der Waals surface area contributed by atoms with Gasteiger partial charge in [0.1, 0.15) is 11.0 Å². The molecule has 3 aromatic rings. The number of likely N-dealkylation sites (tertiary alicyclic amines) is 1. The minimum Gasteiger partial charge on any atom is -0.331 e. The van der Waals surface area contributed by atoms with Crippen molar-refractivity contribution in [1.82, 2.24) is 30.1 Å². The van der Waals surface area contributed by atoms with Gasteiger partial charge in [-0.3, -0.25) is 9.48 Å². The van der Waals surface area contributed by atoms with Crippen LogP contribution in [0.1, 0.15) is 34.8 Å². The first-order valence-electron chi connectivity index (χ1n) is 7.32. The fourth-order valence-corrected chi connectivity index (χ4v) is 3.11. The van der Waals surface area contributed by atoms with E-state index in [-0.39, 0.29) is 11.9 Å². The first kappa shape index (κ1) is 13.0. The normalized spacial score (nSPS) is 18.2. The lowest BCUT2D eigenvalue weighted by molar-refractivity contribution is 0.0736. The smallest absolute Gasteiger partial charge is 0.254 e. The Morgan fingerprint density at radius 1 is 1.32 bits per heavy atom. The van der Waals surface area contributed by atoms with Crippen molar-refractivity contribution in [2.75, 3.05) is 6.54 Å². The highest BCUT2D eigenvalue weighted by Crippen LogP contribution is 2.33. The minimum atomic E-state index is 0.0382. The molecule has 7 heteroatoms. The molecule has 0 saturated carbocycles. The number of aromatic nitrogens is 5. The average Bonchev–Trinajstić information content (AvgIpc) is 3.25. The van der Waals surface area contributed by atoms with E-state index in [0.717, 1.165) is 30.5 Å². The Morgan fingerprint density at radius 3 is 3.00 bits per heavy atom. The molecule has 1 aliphatic heterocycles. The summed E-state index contributed by atoms with van der Waals surface area (Å²) in [6, 6.07) is 5.53. The molecule has 1 saturated heterocycles. The Hall–Kier alpha value is -2.70. The molecule has 1 aromatic carbocycles. The molecule has 1 aliphatic rings. The van der Waals surface area contributed by atoms with Crippen molar-refractivity contribution in [3.05, 3.63) is 41.7 Å². The number of aryl methyl sites for hydroxylation is 1. The van der Waals surface area contributed by atoms with Crippen molar-refractivity contribution in [2.45, 2.75) is 18.9 Å². The van der Waals surface area contributed by atoms with Gasteiger partial charge in [0, 0.05) is 30.9 Å². The number of nitrogens with one attached hydrogen (secondary N) is 1. The number of carbonyl (C=O) groups is 1. The average molecular weight is 296 g/mol. The van der Waals surface area contributed by atoms with Gasteiger partial charge in [0.05, 0.1) is 12.2 Å². The van der Waals surface area contributed by atoms with E-state index in [1.807, 2.05) is 36.5 Å². The van der Waals surface area contributed by atoms with Gasteiger partial charge in [-0.05, 0) is 31.0 Å². The summed E-state index contributed by atoms with van der Waals surface area (Å²) in [5.41, 5.74) is 3.22. The van der Waals surface area contributed by atoms with Crippen molar-refractivity contribution in [3.63, 3.8) is 0 Å². The van der Waals surface area contributed by atoms with Crippen molar-refractivity contribution < 1.29 is 4.79 Å². The van der Waals surface area contributed by atoms with Gasteiger partial charge in [0.25, 0.3) is 5.91 Å². The minimum absolute atomic E-state index is 0.0382. The van der Waals surface area contributed by atoms with E-state index in [1.165, 1.54) is 0 Å². The second-order valence-electron chi connectivity index (χ2n) is 5.63. The first-order chi connectivity index (χ1) is 10.7. The Labute approximate surface area is 126 Å². The second kappa shape index (κ2) is 4.94. The summed E-state index contributed by atoms with van der Waals surface area (Å²) in [4.78, 5) is 14.8. The third-order valence-corrected chi connectivity index (χ3v) is 4.19. The summed E-state index contributed by atoms with van der Waals surface area (Å²) < 4.78 is 1.78. The Kier molecular flexibility index (Phi) is 2.92. The van der Waals surface area contributed by atoms with E-state index in [2.05, 4.69) is 20.5 Å². The third kappa shape index (κ3) is 2.05. The predicted molar refractivity (Wildman–Crippen MR) is 80.1 cm³/mol. The molecule has 1 fully saturated rings. The van der Waals surface area contributed by atoms with Crippen molar-refractivity contribution in [2.24, 2.45) is 7.05 Å². The number of aromatic amines is 1. The number of hydrogen-bond acceptors (Lipinski definition) is 4. The van der Waals surface area contributed by atoms with E-state index >= 15 is 0 Å². The number of benzene rings is 1. The number of nitrogens with zero attached hydrogens (tertiary/aromatic N) is 5. The van der Waals surface area contributed by atoms with Gasteiger partial charge in [0.15, 0.2) is 0 Å². The highest BCUT2D eigenvalue weighted by atomic mass is 16.2. The van der Waals surface area contributed by atoms with Crippen LogP contribution in [0, 0.1) is 0 Å². The number of amides is 1. The van der Waals surface area contributed by atoms with Gasteiger partial charge in [0.2, 0.25) is 0 Å². The van der Waals surface area contributed by atoms with Crippen LogP contribution in [0.2, 0.25) is 0 Å². The molecule has 0 radical (unpaired) electrons. The first-order valence-corrected chi connectivity index (χ1v) is 7.32. The summed E-state index contributed by atoms with van der Waals surface area (Å²) in [5, 5.41) is 14.9. The van der Waals surface area contributed by atoms with Gasteiger partial charge < -0.3 is 4.90 Å². The number of carbonyl (C=O) groups excluding carboxylic acids is 1. The molecular formula is C15H16N6O.